The number of anilines is 1. The Bertz CT molecular complexity index is 1150. The second-order valence-corrected chi connectivity index (χ2v) is 8.72. The van der Waals surface area contributed by atoms with Gasteiger partial charge in [-0.25, -0.2) is 0 Å². The third-order valence-electron chi connectivity index (χ3n) is 5.90. The van der Waals surface area contributed by atoms with Gasteiger partial charge in [-0.1, -0.05) is 59.6 Å². The molecule has 0 radical (unpaired) electrons. The largest absolute Gasteiger partial charge is 0.336 e. The SMILES string of the molecule is O=c1nc2n(c3c1CN(Cc1ccccc1)CC3)CCN2Cc1ccc(Cl)c(Cl)c1. The number of benzene rings is 2. The Morgan fingerprint density at radius 3 is 2.53 bits per heavy atom. The maximum atomic E-state index is 12.9. The highest BCUT2D eigenvalue weighted by atomic mass is 35.5. The van der Waals surface area contributed by atoms with Crippen LogP contribution in [0, 0.1) is 0 Å². The lowest BCUT2D eigenvalue weighted by atomic mass is 10.1. The van der Waals surface area contributed by atoms with Crippen molar-refractivity contribution in [3.05, 3.63) is 91.3 Å². The zero-order valence-corrected chi connectivity index (χ0v) is 18.0. The lowest BCUT2D eigenvalue weighted by Gasteiger charge is -2.30. The highest BCUT2D eigenvalue weighted by molar-refractivity contribution is 6.42. The molecule has 0 fully saturated rings. The Kier molecular flexibility index (Phi) is 5.27. The van der Waals surface area contributed by atoms with Gasteiger partial charge in [0.1, 0.15) is 0 Å². The quantitative estimate of drug-likeness (QED) is 0.611. The van der Waals surface area contributed by atoms with E-state index in [1.807, 2.05) is 24.3 Å². The summed E-state index contributed by atoms with van der Waals surface area (Å²) in [6.07, 6.45) is 0.869. The van der Waals surface area contributed by atoms with Crippen molar-refractivity contribution in [2.75, 3.05) is 18.0 Å². The van der Waals surface area contributed by atoms with E-state index in [0.717, 1.165) is 55.4 Å². The van der Waals surface area contributed by atoms with Gasteiger partial charge in [-0.3, -0.25) is 9.69 Å². The van der Waals surface area contributed by atoms with Gasteiger partial charge in [-0.2, -0.15) is 4.98 Å². The van der Waals surface area contributed by atoms with Crippen molar-refractivity contribution in [1.29, 1.82) is 0 Å². The van der Waals surface area contributed by atoms with Gasteiger partial charge in [0.05, 0.1) is 15.6 Å². The summed E-state index contributed by atoms with van der Waals surface area (Å²) in [4.78, 5) is 21.9. The van der Waals surface area contributed by atoms with Crippen LogP contribution in [0.25, 0.3) is 0 Å². The molecule has 0 saturated carbocycles. The van der Waals surface area contributed by atoms with E-state index in [0.29, 0.717) is 23.1 Å². The molecule has 2 aliphatic rings. The fourth-order valence-electron chi connectivity index (χ4n) is 4.42. The molecule has 30 heavy (non-hydrogen) atoms. The summed E-state index contributed by atoms with van der Waals surface area (Å²) in [6, 6.07) is 16.0. The first kappa shape index (κ1) is 19.6. The number of hydrogen-bond acceptors (Lipinski definition) is 4. The predicted molar refractivity (Wildman–Crippen MR) is 120 cm³/mol. The highest BCUT2D eigenvalue weighted by Gasteiger charge is 2.29. The van der Waals surface area contributed by atoms with E-state index in [4.69, 9.17) is 23.2 Å². The van der Waals surface area contributed by atoms with Gasteiger partial charge in [0.15, 0.2) is 0 Å². The van der Waals surface area contributed by atoms with E-state index in [2.05, 4.69) is 43.6 Å². The minimum absolute atomic E-state index is 0.102. The van der Waals surface area contributed by atoms with Crippen molar-refractivity contribution < 1.29 is 0 Å². The summed E-state index contributed by atoms with van der Waals surface area (Å²) in [7, 11) is 0. The molecule has 0 spiro atoms. The molecule has 3 aromatic rings. The zero-order chi connectivity index (χ0) is 20.7. The lowest BCUT2D eigenvalue weighted by Crippen LogP contribution is -2.37. The summed E-state index contributed by atoms with van der Waals surface area (Å²) in [5, 5.41) is 1.09. The van der Waals surface area contributed by atoms with E-state index in [1.54, 1.807) is 0 Å². The number of hydrogen-bond donors (Lipinski definition) is 0. The van der Waals surface area contributed by atoms with Gasteiger partial charge in [-0.05, 0) is 23.3 Å². The average molecular weight is 441 g/mol. The van der Waals surface area contributed by atoms with E-state index >= 15 is 0 Å². The number of halogens is 2. The summed E-state index contributed by atoms with van der Waals surface area (Å²) < 4.78 is 2.23. The van der Waals surface area contributed by atoms with E-state index < -0.39 is 0 Å². The Balaban J connectivity index is 1.39. The van der Waals surface area contributed by atoms with Gasteiger partial charge < -0.3 is 9.47 Å². The maximum Gasteiger partial charge on any atom is 0.279 e. The molecule has 5 rings (SSSR count). The molecule has 0 N–H and O–H groups in total. The molecule has 154 valence electrons. The Morgan fingerprint density at radius 1 is 0.900 bits per heavy atom. The van der Waals surface area contributed by atoms with Crippen LogP contribution in [0.15, 0.2) is 53.3 Å². The van der Waals surface area contributed by atoms with Crippen molar-refractivity contribution in [2.45, 2.75) is 32.6 Å². The number of fused-ring (bicyclic) bond motifs is 3. The van der Waals surface area contributed by atoms with E-state index in [9.17, 15) is 4.79 Å². The Labute approximate surface area is 185 Å². The monoisotopic (exact) mass is 440 g/mol. The highest BCUT2D eigenvalue weighted by Crippen LogP contribution is 2.28. The van der Waals surface area contributed by atoms with Crippen LogP contribution in [-0.2, 0) is 32.6 Å². The lowest BCUT2D eigenvalue weighted by molar-refractivity contribution is 0.239. The van der Waals surface area contributed by atoms with Crippen LogP contribution < -0.4 is 10.5 Å². The smallest absolute Gasteiger partial charge is 0.279 e. The van der Waals surface area contributed by atoms with Crippen molar-refractivity contribution in [3.63, 3.8) is 0 Å². The fraction of sp³-hybridized carbons (Fsp3) is 0.304. The Hall–Kier alpha value is -2.34. The van der Waals surface area contributed by atoms with E-state index in [-0.39, 0.29) is 5.56 Å². The third-order valence-corrected chi connectivity index (χ3v) is 6.64. The molecule has 0 atom stereocenters. The van der Waals surface area contributed by atoms with E-state index in [1.165, 1.54) is 5.56 Å². The van der Waals surface area contributed by atoms with Crippen LogP contribution in [0.5, 0.6) is 0 Å². The Morgan fingerprint density at radius 2 is 1.73 bits per heavy atom. The van der Waals surface area contributed by atoms with Crippen LogP contribution >= 0.6 is 23.2 Å². The molecule has 2 aliphatic heterocycles. The van der Waals surface area contributed by atoms with Gasteiger partial charge in [0, 0.05) is 51.4 Å². The molecular formula is C23H22Cl2N4O. The molecule has 1 aromatic heterocycles. The van der Waals surface area contributed by atoms with Crippen molar-refractivity contribution in [2.24, 2.45) is 0 Å². The van der Waals surface area contributed by atoms with Gasteiger partial charge in [0.25, 0.3) is 5.56 Å². The van der Waals surface area contributed by atoms with Crippen molar-refractivity contribution in [3.8, 4) is 0 Å². The van der Waals surface area contributed by atoms with Crippen molar-refractivity contribution in [1.82, 2.24) is 14.5 Å². The van der Waals surface area contributed by atoms with Gasteiger partial charge in [-0.15, -0.1) is 0 Å². The zero-order valence-electron chi connectivity index (χ0n) is 16.5. The fourth-order valence-corrected chi connectivity index (χ4v) is 4.74. The topological polar surface area (TPSA) is 41.4 Å². The molecule has 5 nitrogen and oxygen atoms in total. The molecule has 0 saturated heterocycles. The first-order valence-corrected chi connectivity index (χ1v) is 10.9. The summed E-state index contributed by atoms with van der Waals surface area (Å²) in [6.45, 7) is 4.79. The standard InChI is InChI=1S/C23H22Cl2N4O/c24-19-7-6-17(12-20(19)25)14-28-10-11-29-21-8-9-27(13-16-4-2-1-3-5-16)15-18(21)22(30)26-23(28)29/h1-7,12H,8-11,13-15H2. The van der Waals surface area contributed by atoms with Crippen LogP contribution in [-0.4, -0.2) is 27.5 Å². The normalized spacial score (nSPS) is 15.9. The van der Waals surface area contributed by atoms with Gasteiger partial charge >= 0.3 is 0 Å². The maximum absolute atomic E-state index is 12.9. The second kappa shape index (κ2) is 8.06. The molecule has 3 heterocycles. The molecule has 0 bridgehead atoms. The van der Waals surface area contributed by atoms with Crippen LogP contribution in [0.3, 0.4) is 0 Å². The minimum Gasteiger partial charge on any atom is -0.336 e. The molecular weight excluding hydrogens is 419 g/mol. The van der Waals surface area contributed by atoms with Crippen LogP contribution in [0.1, 0.15) is 22.4 Å². The average Bonchev–Trinajstić information content (AvgIpc) is 3.14. The third kappa shape index (κ3) is 3.73. The van der Waals surface area contributed by atoms with Crippen LogP contribution in [0.4, 0.5) is 5.95 Å². The molecule has 0 aliphatic carbocycles. The van der Waals surface area contributed by atoms with Crippen LogP contribution in [0.2, 0.25) is 10.0 Å². The van der Waals surface area contributed by atoms with Crippen molar-refractivity contribution >= 4 is 29.2 Å². The number of nitrogens with zero attached hydrogens (tertiary/aromatic N) is 4. The minimum atomic E-state index is -0.102. The molecule has 7 heteroatoms. The molecule has 0 amide bonds. The number of aromatic nitrogens is 2. The summed E-state index contributed by atoms with van der Waals surface area (Å²) in [5.41, 5.74) is 4.21. The first-order valence-electron chi connectivity index (χ1n) is 10.2. The summed E-state index contributed by atoms with van der Waals surface area (Å²) >= 11 is 12.2. The first-order chi connectivity index (χ1) is 14.6. The predicted octanol–water partition coefficient (Wildman–Crippen LogP) is 4.13. The molecule has 0 unspecified atom stereocenters. The summed E-state index contributed by atoms with van der Waals surface area (Å²) in [5.74, 6) is 0.765. The second-order valence-electron chi connectivity index (χ2n) is 7.91. The molecule has 2 aromatic carbocycles. The number of rotatable bonds is 4. The van der Waals surface area contributed by atoms with Gasteiger partial charge in [0.2, 0.25) is 5.95 Å².